The van der Waals surface area contributed by atoms with E-state index in [0.29, 0.717) is 71.9 Å². The molecule has 24 nitrogen and oxygen atoms in total. The summed E-state index contributed by atoms with van der Waals surface area (Å²) in [6.07, 6.45) is -11.4. The van der Waals surface area contributed by atoms with E-state index < -0.39 is 174 Å². The highest BCUT2D eigenvalue weighted by molar-refractivity contribution is 7.93. The lowest BCUT2D eigenvalue weighted by Crippen LogP contribution is -2.43. The molecule has 3 aliphatic heterocycles. The van der Waals surface area contributed by atoms with E-state index in [-0.39, 0.29) is 137 Å². The van der Waals surface area contributed by atoms with Crippen molar-refractivity contribution in [3.8, 4) is 50.6 Å². The first-order valence-corrected chi connectivity index (χ1v) is 43.2. The lowest BCUT2D eigenvalue weighted by Gasteiger charge is -2.26. The molecule has 0 saturated heterocycles. The Bertz CT molecular complexity index is 5540. The van der Waals surface area contributed by atoms with Crippen LogP contribution < -0.4 is 62.8 Å². The molecule has 9 aromatic rings. The number of methoxy groups -OCH3 is 3. The zero-order chi connectivity index (χ0) is 100. The first-order chi connectivity index (χ1) is 63.3. The summed E-state index contributed by atoms with van der Waals surface area (Å²) in [5.74, 6) is -13.1. The summed E-state index contributed by atoms with van der Waals surface area (Å²) in [5.41, 5.74) is -7.24. The number of anilines is 3. The van der Waals surface area contributed by atoms with E-state index in [2.05, 4.69) is 31.9 Å². The molecular weight excluding hydrogens is 1830 g/mol. The van der Waals surface area contributed by atoms with Crippen molar-refractivity contribution in [1.82, 2.24) is 29.7 Å². The van der Waals surface area contributed by atoms with E-state index in [0.717, 1.165) is 89.6 Å². The molecule has 728 valence electrons. The third-order valence-electron chi connectivity index (χ3n) is 22.1. The van der Waals surface area contributed by atoms with Crippen LogP contribution in [0.3, 0.4) is 0 Å². The van der Waals surface area contributed by atoms with Gasteiger partial charge in [0.15, 0.2) is 0 Å². The number of halogens is 16. The van der Waals surface area contributed by atoms with Gasteiger partial charge in [-0.05, 0) is 189 Å². The van der Waals surface area contributed by atoms with Gasteiger partial charge in [-0.25, -0.2) is 40.7 Å². The van der Waals surface area contributed by atoms with Crippen LogP contribution in [0.2, 0.25) is 0 Å². The number of rotatable bonds is 24. The van der Waals surface area contributed by atoms with Crippen LogP contribution in [0.25, 0.3) is 33.4 Å². The number of hydrogen-bond donors (Lipinski definition) is 6. The van der Waals surface area contributed by atoms with Crippen LogP contribution in [0.15, 0.2) is 105 Å². The second-order valence-electron chi connectivity index (χ2n) is 32.7. The summed E-state index contributed by atoms with van der Waals surface area (Å²) in [7, 11) is 7.32. The number of hydrogen-bond acceptors (Lipinski definition) is 19. The number of amides is 3. The molecule has 6 aromatic carbocycles. The van der Waals surface area contributed by atoms with Gasteiger partial charge in [0.1, 0.15) is 87.0 Å². The maximum Gasteiger partial charge on any atom is 0.417 e. The normalized spacial score (nSPS) is 13.4. The zero-order valence-corrected chi connectivity index (χ0v) is 76.8. The predicted molar refractivity (Wildman–Crippen MR) is 473 cm³/mol. The Hall–Kier alpha value is -13.0. The number of nitrogens with zero attached hydrogens (tertiary/aromatic N) is 3. The monoisotopic (exact) mass is 1930 g/mol. The molecule has 0 aliphatic carbocycles. The van der Waals surface area contributed by atoms with Crippen molar-refractivity contribution in [1.29, 1.82) is 0 Å². The van der Waals surface area contributed by atoms with Gasteiger partial charge in [0, 0.05) is 128 Å². The Balaban J connectivity index is 0.000000224. The van der Waals surface area contributed by atoms with Crippen LogP contribution in [0.1, 0.15) is 159 Å². The fraction of sp³-hybridized carbons (Fsp3) is 0.394. The van der Waals surface area contributed by atoms with Crippen molar-refractivity contribution in [2.24, 2.45) is 21.1 Å². The molecule has 0 radical (unpaired) electrons. The maximum atomic E-state index is 14.8. The summed E-state index contributed by atoms with van der Waals surface area (Å²) in [4.78, 5) is 117. The summed E-state index contributed by atoms with van der Waals surface area (Å²) >= 11 is 0.250. The number of ether oxygens (including phenoxy) is 6. The van der Waals surface area contributed by atoms with Crippen LogP contribution in [0, 0.1) is 55.7 Å². The molecule has 12 rings (SSSR count). The van der Waals surface area contributed by atoms with Gasteiger partial charge >= 0.3 is 36.4 Å². The number of fused-ring (bicyclic) bond motifs is 3. The van der Waals surface area contributed by atoms with Crippen molar-refractivity contribution < 1.29 is 127 Å². The lowest BCUT2D eigenvalue weighted by molar-refractivity contribution is -0.143. The molecule has 0 unspecified atom stereocenters. The Kier molecular flexibility index (Phi) is 34.8. The number of alkyl halides is 9. The quantitative estimate of drug-likeness (QED) is 0.0186. The number of benzene rings is 6. The first-order valence-electron chi connectivity index (χ1n) is 42.1. The molecule has 135 heavy (non-hydrogen) atoms. The lowest BCUT2D eigenvalue weighted by atomic mass is 9.89. The standard InChI is InChI=1S/3C31H32F5N3O5.CH3FS/c3*1-15(2)37-18-13-22(32)26(23(33)14-18)28(40)38-24(30(42)43-5)12-17-8-9-20(27-19(17)7-6-10-44-27)25-21(31(34,35)36)11-16(3)39(4)29(25)41;1-3-2/h3*8-9,11,13-15,24,37H,6-7,10,12H2,1-5H3,(H,38,40);1H3/t3*24-;/m000./s1. The van der Waals surface area contributed by atoms with Gasteiger partial charge in [-0.1, -0.05) is 36.4 Å². The van der Waals surface area contributed by atoms with E-state index in [1.165, 1.54) is 84.6 Å². The van der Waals surface area contributed by atoms with Gasteiger partial charge in [-0.15, -0.1) is 0 Å². The van der Waals surface area contributed by atoms with E-state index in [4.69, 9.17) is 28.4 Å². The highest BCUT2D eigenvalue weighted by Gasteiger charge is 2.43. The number of esters is 3. The second kappa shape index (κ2) is 44.5. The van der Waals surface area contributed by atoms with E-state index in [1.54, 1.807) is 41.5 Å². The Labute approximate surface area is 768 Å². The molecule has 6 N–H and O–H groups in total. The molecule has 0 bridgehead atoms. The number of aryl methyl sites for hydroxylation is 3. The van der Waals surface area contributed by atoms with Crippen molar-refractivity contribution in [2.75, 3.05) is 63.4 Å². The third-order valence-corrected chi connectivity index (χ3v) is 22.1. The molecule has 0 spiro atoms. The van der Waals surface area contributed by atoms with Crippen LogP contribution in [0.4, 0.5) is 86.8 Å². The summed E-state index contributed by atoms with van der Waals surface area (Å²) in [5, 5.41) is 15.5. The Morgan fingerprint density at radius 1 is 0.393 bits per heavy atom. The highest BCUT2D eigenvalue weighted by Crippen LogP contribution is 2.48. The summed E-state index contributed by atoms with van der Waals surface area (Å²) in [6.45, 7) is 15.3. The fourth-order valence-electron chi connectivity index (χ4n) is 15.6. The maximum absolute atomic E-state index is 14.8. The van der Waals surface area contributed by atoms with Gasteiger partial charge in [-0.2, -0.15) is 43.4 Å². The molecule has 3 aromatic heterocycles. The molecule has 3 atom stereocenters. The topological polar surface area (TPSA) is 296 Å². The Morgan fingerprint density at radius 3 is 0.800 bits per heavy atom. The Morgan fingerprint density at radius 2 is 0.607 bits per heavy atom. The third kappa shape index (κ3) is 24.8. The number of carbonyl (C=O) groups is 6. The largest absolute Gasteiger partial charge is 0.493 e. The SMILES string of the molecule is COC(=O)[C@H](Cc1ccc(-c2c(C(F)(F)F)cc(C)n(C)c2=O)c2c1CCCO2)NC(=O)c1c(F)cc(NC(C)C)cc1F.COC(=O)[C@H](Cc1ccc(-c2c(C(F)(F)F)cc(C)n(C)c2=O)c2c1CCCO2)NC(=O)c1c(F)cc(NC(C)C)cc1F.COC(=O)[C@H](Cc1ccc(-c2c(C(F)(F)F)cc(C)n(C)c2=O)c2c1CCCO2)NC(=O)c1c(F)cc(NC(C)C)cc1F.CSF. The fourth-order valence-corrected chi connectivity index (χ4v) is 15.6. The number of carbonyl (C=O) groups excluding carboxylic acids is 6. The minimum atomic E-state index is -4.83. The van der Waals surface area contributed by atoms with Crippen LogP contribution in [0.5, 0.6) is 17.2 Å². The van der Waals surface area contributed by atoms with E-state index in [9.17, 15) is 113 Å². The van der Waals surface area contributed by atoms with Gasteiger partial charge in [0.25, 0.3) is 34.4 Å². The van der Waals surface area contributed by atoms with Gasteiger partial charge in [0.2, 0.25) is 0 Å². The van der Waals surface area contributed by atoms with Crippen LogP contribution >= 0.6 is 12.1 Å². The molecule has 3 amide bonds. The number of aromatic nitrogens is 3. The van der Waals surface area contributed by atoms with Crippen molar-refractivity contribution in [3.05, 3.63) is 241 Å². The summed E-state index contributed by atoms with van der Waals surface area (Å²) in [6, 6.07) is 12.0. The first kappa shape index (κ1) is 106. The summed E-state index contributed by atoms with van der Waals surface area (Å²) < 4.78 is 261. The molecule has 0 saturated carbocycles. The molecule has 0 fully saturated rings. The van der Waals surface area contributed by atoms with Crippen molar-refractivity contribution in [2.45, 2.75) is 175 Å². The predicted octanol–water partition coefficient (Wildman–Crippen LogP) is 17.2. The minimum absolute atomic E-state index is 0.0560. The van der Waals surface area contributed by atoms with E-state index >= 15 is 0 Å². The second-order valence-corrected chi connectivity index (χ2v) is 33.0. The average Bonchev–Trinajstić information content (AvgIpc) is 0.754. The molecular formula is C94H99F16N9O15S. The van der Waals surface area contributed by atoms with Gasteiger partial charge in [0.05, 0.1) is 74.5 Å². The highest BCUT2D eigenvalue weighted by atomic mass is 32.2. The van der Waals surface area contributed by atoms with Crippen molar-refractivity contribution >= 4 is 64.8 Å². The van der Waals surface area contributed by atoms with Crippen molar-refractivity contribution in [3.63, 3.8) is 0 Å². The smallest absolute Gasteiger partial charge is 0.417 e. The van der Waals surface area contributed by atoms with E-state index in [1.807, 2.05) is 0 Å². The average molecular weight is 1930 g/mol. The van der Waals surface area contributed by atoms with Gasteiger partial charge < -0.3 is 74.0 Å². The number of pyridine rings is 3. The number of nitrogens with one attached hydrogen (secondary N) is 6. The zero-order valence-electron chi connectivity index (χ0n) is 76.0. The van der Waals surface area contributed by atoms with Crippen LogP contribution in [-0.4, -0.2) is 133 Å². The molecule has 3 aliphatic rings. The molecule has 41 heteroatoms. The van der Waals surface area contributed by atoms with Gasteiger partial charge in [-0.3, -0.25) is 28.8 Å². The molecule has 6 heterocycles. The minimum Gasteiger partial charge on any atom is -0.493 e. The van der Waals surface area contributed by atoms with Crippen LogP contribution in [-0.2, 0) is 107 Å².